The third kappa shape index (κ3) is 3.69. The van der Waals surface area contributed by atoms with Crippen LogP contribution in [0.5, 0.6) is 0 Å². The molecule has 0 unspecified atom stereocenters. The van der Waals surface area contributed by atoms with E-state index in [1.54, 1.807) is 25.3 Å². The molecule has 0 spiro atoms. The van der Waals surface area contributed by atoms with Crippen LogP contribution in [0, 0.1) is 18.3 Å². The van der Waals surface area contributed by atoms with Gasteiger partial charge in [0.25, 0.3) is 0 Å². The molecule has 0 saturated heterocycles. The Kier molecular flexibility index (Phi) is 4.08. The lowest BCUT2D eigenvalue weighted by Crippen LogP contribution is -2.12. The average molecular weight is 292 g/mol. The summed E-state index contributed by atoms with van der Waals surface area (Å²) in [7, 11) is 0. The van der Waals surface area contributed by atoms with Gasteiger partial charge in [-0.1, -0.05) is 0 Å². The minimum Gasteiger partial charge on any atom is -0.379 e. The molecule has 0 radical (unpaired) electrons. The molecule has 21 heavy (non-hydrogen) atoms. The molecule has 0 aliphatic heterocycles. The fourth-order valence-electron chi connectivity index (χ4n) is 1.79. The van der Waals surface area contributed by atoms with Crippen molar-refractivity contribution >= 4 is 5.69 Å². The number of hydrogen-bond donors (Lipinski definition) is 1. The van der Waals surface area contributed by atoms with Crippen molar-refractivity contribution in [1.82, 2.24) is 9.97 Å². The molecule has 0 aliphatic carbocycles. The lowest BCUT2D eigenvalue weighted by Gasteiger charge is -2.14. The van der Waals surface area contributed by atoms with Gasteiger partial charge in [0.1, 0.15) is 5.82 Å². The van der Waals surface area contributed by atoms with Gasteiger partial charge in [-0.25, -0.2) is 9.97 Å². The molecule has 0 saturated carbocycles. The molecule has 0 fully saturated rings. The summed E-state index contributed by atoms with van der Waals surface area (Å²) in [5.74, 6) is 0.546. The molecular weight excluding hydrogens is 281 g/mol. The molecule has 0 atom stereocenters. The highest BCUT2D eigenvalue weighted by Gasteiger charge is 2.33. The van der Waals surface area contributed by atoms with E-state index in [2.05, 4.69) is 15.3 Å². The van der Waals surface area contributed by atoms with Crippen LogP contribution in [0.2, 0.25) is 0 Å². The minimum atomic E-state index is -4.53. The number of nitrogens with one attached hydrogen (secondary N) is 1. The molecule has 4 nitrogen and oxygen atoms in total. The van der Waals surface area contributed by atoms with E-state index in [-0.39, 0.29) is 17.8 Å². The van der Waals surface area contributed by atoms with Crippen LogP contribution in [-0.4, -0.2) is 9.97 Å². The van der Waals surface area contributed by atoms with Crippen molar-refractivity contribution in [2.45, 2.75) is 19.6 Å². The van der Waals surface area contributed by atoms with Crippen molar-refractivity contribution in [2.24, 2.45) is 0 Å². The number of alkyl halides is 3. The van der Waals surface area contributed by atoms with E-state index in [0.29, 0.717) is 11.5 Å². The van der Waals surface area contributed by atoms with Crippen LogP contribution < -0.4 is 5.32 Å². The summed E-state index contributed by atoms with van der Waals surface area (Å²) >= 11 is 0. The summed E-state index contributed by atoms with van der Waals surface area (Å²) in [4.78, 5) is 8.03. The second-order valence-electron chi connectivity index (χ2n) is 4.32. The maximum Gasteiger partial charge on any atom is 0.418 e. The lowest BCUT2D eigenvalue weighted by molar-refractivity contribution is -0.137. The van der Waals surface area contributed by atoms with E-state index >= 15 is 0 Å². The number of hydrogen-bond acceptors (Lipinski definition) is 4. The summed E-state index contributed by atoms with van der Waals surface area (Å²) in [6.07, 6.45) is -2.99. The van der Waals surface area contributed by atoms with E-state index in [0.717, 1.165) is 6.07 Å². The van der Waals surface area contributed by atoms with E-state index in [4.69, 9.17) is 5.26 Å². The number of anilines is 1. The molecule has 0 amide bonds. The number of benzene rings is 1. The Morgan fingerprint density at radius 3 is 2.67 bits per heavy atom. The molecule has 0 aliphatic rings. The Balaban J connectivity index is 2.26. The predicted octanol–water partition coefficient (Wildman–Crippen LogP) is 3.29. The van der Waals surface area contributed by atoms with Gasteiger partial charge in [-0.2, -0.15) is 18.4 Å². The molecule has 2 aromatic rings. The standard InChI is InChI=1S/C14H11F3N4/c1-9-19-5-4-11(21-9)8-20-13-3-2-10(7-18)6-12(13)14(15,16)17/h2-6,20H,8H2,1H3. The third-order valence-corrected chi connectivity index (χ3v) is 2.75. The monoisotopic (exact) mass is 292 g/mol. The van der Waals surface area contributed by atoms with Gasteiger partial charge >= 0.3 is 6.18 Å². The van der Waals surface area contributed by atoms with Gasteiger partial charge in [0.2, 0.25) is 0 Å². The molecule has 1 heterocycles. The molecule has 1 N–H and O–H groups in total. The third-order valence-electron chi connectivity index (χ3n) is 2.75. The molecule has 0 bridgehead atoms. The lowest BCUT2D eigenvalue weighted by atomic mass is 10.1. The van der Waals surface area contributed by atoms with Crippen molar-refractivity contribution in [3.8, 4) is 6.07 Å². The SMILES string of the molecule is Cc1nccc(CNc2ccc(C#N)cc2C(F)(F)F)n1. The van der Waals surface area contributed by atoms with Crippen molar-refractivity contribution < 1.29 is 13.2 Å². The van der Waals surface area contributed by atoms with E-state index in [1.165, 1.54) is 12.1 Å². The smallest absolute Gasteiger partial charge is 0.379 e. The predicted molar refractivity (Wildman–Crippen MR) is 70.3 cm³/mol. The van der Waals surface area contributed by atoms with Crippen LogP contribution in [0.4, 0.5) is 18.9 Å². The highest BCUT2D eigenvalue weighted by atomic mass is 19.4. The quantitative estimate of drug-likeness (QED) is 0.943. The Labute approximate surface area is 119 Å². The second kappa shape index (κ2) is 5.79. The molecule has 1 aromatic heterocycles. The number of rotatable bonds is 3. The van der Waals surface area contributed by atoms with Crippen molar-refractivity contribution in [3.05, 3.63) is 53.1 Å². The Morgan fingerprint density at radius 1 is 1.29 bits per heavy atom. The Morgan fingerprint density at radius 2 is 2.05 bits per heavy atom. The van der Waals surface area contributed by atoms with Gasteiger partial charge in [0.05, 0.1) is 29.4 Å². The van der Waals surface area contributed by atoms with Crippen molar-refractivity contribution in [2.75, 3.05) is 5.32 Å². The van der Waals surface area contributed by atoms with Crippen LogP contribution in [-0.2, 0) is 12.7 Å². The summed E-state index contributed by atoms with van der Waals surface area (Å²) in [5.41, 5.74) is -0.407. The zero-order valence-electron chi connectivity index (χ0n) is 11.1. The molecular formula is C14H11F3N4. The average Bonchev–Trinajstić information content (AvgIpc) is 2.44. The highest BCUT2D eigenvalue weighted by Crippen LogP contribution is 2.35. The van der Waals surface area contributed by atoms with Crippen molar-refractivity contribution in [1.29, 1.82) is 5.26 Å². The number of halogens is 3. The van der Waals surface area contributed by atoms with Gasteiger partial charge in [-0.05, 0) is 31.2 Å². The largest absolute Gasteiger partial charge is 0.418 e. The fourth-order valence-corrected chi connectivity index (χ4v) is 1.79. The van der Waals surface area contributed by atoms with Crippen LogP contribution in [0.25, 0.3) is 0 Å². The van der Waals surface area contributed by atoms with Gasteiger partial charge in [0, 0.05) is 11.9 Å². The zero-order chi connectivity index (χ0) is 15.5. The molecule has 1 aromatic carbocycles. The maximum atomic E-state index is 13.0. The van der Waals surface area contributed by atoms with Crippen LogP contribution in [0.15, 0.2) is 30.5 Å². The summed E-state index contributed by atoms with van der Waals surface area (Å²) < 4.78 is 38.9. The van der Waals surface area contributed by atoms with Crippen LogP contribution in [0.3, 0.4) is 0 Å². The van der Waals surface area contributed by atoms with E-state index < -0.39 is 11.7 Å². The summed E-state index contributed by atoms with van der Waals surface area (Å²) in [6.45, 7) is 1.84. The minimum absolute atomic E-state index is 0.0363. The highest BCUT2D eigenvalue weighted by molar-refractivity contribution is 5.56. The van der Waals surface area contributed by atoms with Crippen LogP contribution >= 0.6 is 0 Å². The molecule has 2 rings (SSSR count). The second-order valence-corrected chi connectivity index (χ2v) is 4.32. The Hall–Kier alpha value is -2.62. The van der Waals surface area contributed by atoms with Crippen molar-refractivity contribution in [3.63, 3.8) is 0 Å². The number of aromatic nitrogens is 2. The maximum absolute atomic E-state index is 13.0. The summed E-state index contributed by atoms with van der Waals surface area (Å²) in [6, 6.07) is 6.73. The molecule has 7 heteroatoms. The van der Waals surface area contributed by atoms with Gasteiger partial charge in [-0.3, -0.25) is 0 Å². The van der Waals surface area contributed by atoms with E-state index in [1.807, 2.05) is 0 Å². The van der Waals surface area contributed by atoms with E-state index in [9.17, 15) is 13.2 Å². The Bertz CT molecular complexity index is 689. The molecule has 108 valence electrons. The first-order valence-corrected chi connectivity index (χ1v) is 6.04. The summed E-state index contributed by atoms with van der Waals surface area (Å²) in [5, 5.41) is 11.4. The van der Waals surface area contributed by atoms with Gasteiger partial charge < -0.3 is 5.32 Å². The number of nitriles is 1. The number of aryl methyl sites for hydroxylation is 1. The zero-order valence-corrected chi connectivity index (χ0v) is 11.1. The number of nitrogens with zero attached hydrogens (tertiary/aromatic N) is 3. The first-order valence-electron chi connectivity index (χ1n) is 6.04. The van der Waals surface area contributed by atoms with Gasteiger partial charge in [0.15, 0.2) is 0 Å². The first kappa shape index (κ1) is 14.8. The van der Waals surface area contributed by atoms with Crippen LogP contribution in [0.1, 0.15) is 22.6 Å². The first-order chi connectivity index (χ1) is 9.90. The van der Waals surface area contributed by atoms with Gasteiger partial charge in [-0.15, -0.1) is 0 Å². The fraction of sp³-hybridized carbons (Fsp3) is 0.214. The topological polar surface area (TPSA) is 61.6 Å². The normalized spacial score (nSPS) is 11.0.